The summed E-state index contributed by atoms with van der Waals surface area (Å²) in [6.07, 6.45) is 0.933. The van der Waals surface area contributed by atoms with E-state index in [1.165, 1.54) is 0 Å². The van der Waals surface area contributed by atoms with Gasteiger partial charge in [0.15, 0.2) is 0 Å². The molecule has 0 aromatic rings. The fourth-order valence-electron chi connectivity index (χ4n) is 1.58. The van der Waals surface area contributed by atoms with Gasteiger partial charge >= 0.3 is 5.97 Å². The van der Waals surface area contributed by atoms with Gasteiger partial charge in [0.1, 0.15) is 6.04 Å². The Hall–Kier alpha value is -0.650. The van der Waals surface area contributed by atoms with Crippen LogP contribution >= 0.6 is 0 Å². The van der Waals surface area contributed by atoms with Crippen molar-refractivity contribution < 1.29 is 15.0 Å². The highest BCUT2D eigenvalue weighted by atomic mass is 16.4. The lowest BCUT2D eigenvalue weighted by molar-refractivity contribution is -0.138. The average Bonchev–Trinajstić information content (AvgIpc) is 2.52. The smallest absolute Gasteiger partial charge is 0.321 e. The molecule has 1 aliphatic heterocycles. The summed E-state index contributed by atoms with van der Waals surface area (Å²) >= 11 is 0. The number of aliphatic carboxylic acids is 1. The molecule has 0 saturated carbocycles. The van der Waals surface area contributed by atoms with Crippen molar-refractivity contribution in [2.75, 3.05) is 26.2 Å². The van der Waals surface area contributed by atoms with Crippen LogP contribution < -0.4 is 5.73 Å². The van der Waals surface area contributed by atoms with E-state index in [0.29, 0.717) is 12.5 Å². The Morgan fingerprint density at radius 1 is 1.69 bits per heavy atom. The highest BCUT2D eigenvalue weighted by molar-refractivity contribution is 5.73. The van der Waals surface area contributed by atoms with E-state index in [4.69, 9.17) is 15.9 Å². The Morgan fingerprint density at radius 3 is 2.85 bits per heavy atom. The fourth-order valence-corrected chi connectivity index (χ4v) is 1.58. The molecule has 1 rings (SSSR count). The molecule has 0 aromatic carbocycles. The van der Waals surface area contributed by atoms with Crippen LogP contribution in [0.4, 0.5) is 0 Å². The normalized spacial score (nSPS) is 26.2. The first-order valence-electron chi connectivity index (χ1n) is 4.45. The summed E-state index contributed by atoms with van der Waals surface area (Å²) in [4.78, 5) is 12.4. The molecule has 4 N–H and O–H groups in total. The van der Waals surface area contributed by atoms with Gasteiger partial charge in [-0.1, -0.05) is 0 Å². The summed E-state index contributed by atoms with van der Waals surface area (Å²) in [5.74, 6) is -0.673. The molecule has 13 heavy (non-hydrogen) atoms. The molecule has 1 aliphatic rings. The first kappa shape index (κ1) is 10.4. The third-order valence-corrected chi connectivity index (χ3v) is 2.40. The van der Waals surface area contributed by atoms with Crippen LogP contribution in [0.3, 0.4) is 0 Å². The van der Waals surface area contributed by atoms with Gasteiger partial charge in [0.2, 0.25) is 0 Å². The number of rotatable bonds is 4. The van der Waals surface area contributed by atoms with Crippen molar-refractivity contribution in [1.82, 2.24) is 4.90 Å². The zero-order valence-corrected chi connectivity index (χ0v) is 7.52. The topological polar surface area (TPSA) is 86.8 Å². The van der Waals surface area contributed by atoms with E-state index in [1.807, 2.05) is 4.90 Å². The van der Waals surface area contributed by atoms with Gasteiger partial charge in [-0.3, -0.25) is 4.79 Å². The average molecular weight is 188 g/mol. The van der Waals surface area contributed by atoms with Crippen molar-refractivity contribution in [2.24, 2.45) is 11.7 Å². The van der Waals surface area contributed by atoms with E-state index in [2.05, 4.69) is 0 Å². The first-order valence-corrected chi connectivity index (χ1v) is 4.45. The molecule has 5 heteroatoms. The minimum atomic E-state index is -0.965. The van der Waals surface area contributed by atoms with Crippen molar-refractivity contribution in [1.29, 1.82) is 0 Å². The maximum Gasteiger partial charge on any atom is 0.321 e. The van der Waals surface area contributed by atoms with Crippen molar-refractivity contribution in [2.45, 2.75) is 12.5 Å². The number of likely N-dealkylation sites (tertiary alicyclic amines) is 1. The standard InChI is InChI=1S/C8H16N2O3/c9-7(8(12)13)4-10-2-1-6(3-10)5-11/h6-7,11H,1-5,9H2,(H,12,13). The molecule has 0 aromatic heterocycles. The van der Waals surface area contributed by atoms with E-state index < -0.39 is 12.0 Å². The predicted octanol–water partition coefficient (Wildman–Crippen LogP) is -1.29. The molecule has 76 valence electrons. The monoisotopic (exact) mass is 188 g/mol. The summed E-state index contributed by atoms with van der Waals surface area (Å²) in [7, 11) is 0. The van der Waals surface area contributed by atoms with Gasteiger partial charge in [-0.25, -0.2) is 0 Å². The van der Waals surface area contributed by atoms with E-state index in [9.17, 15) is 4.79 Å². The van der Waals surface area contributed by atoms with Crippen LogP contribution in [-0.4, -0.2) is 53.4 Å². The van der Waals surface area contributed by atoms with Crippen LogP contribution in [0.25, 0.3) is 0 Å². The number of hydrogen-bond donors (Lipinski definition) is 3. The van der Waals surface area contributed by atoms with Gasteiger partial charge in [-0.2, -0.15) is 0 Å². The minimum Gasteiger partial charge on any atom is -0.480 e. The molecule has 0 aliphatic carbocycles. The Balaban J connectivity index is 2.27. The SMILES string of the molecule is NC(CN1CCC(CO)C1)C(=O)O. The lowest BCUT2D eigenvalue weighted by Gasteiger charge is -2.17. The number of aliphatic hydroxyl groups excluding tert-OH is 1. The second-order valence-corrected chi connectivity index (χ2v) is 3.54. The van der Waals surface area contributed by atoms with E-state index in [1.54, 1.807) is 0 Å². The van der Waals surface area contributed by atoms with Gasteiger partial charge in [0.25, 0.3) is 0 Å². The molecule has 2 unspecified atom stereocenters. The minimum absolute atomic E-state index is 0.179. The summed E-state index contributed by atoms with van der Waals surface area (Å²) < 4.78 is 0. The van der Waals surface area contributed by atoms with Gasteiger partial charge in [-0.15, -0.1) is 0 Å². The molecule has 1 saturated heterocycles. The van der Waals surface area contributed by atoms with Crippen LogP contribution in [-0.2, 0) is 4.79 Å². The second kappa shape index (κ2) is 4.55. The predicted molar refractivity (Wildman–Crippen MR) is 47.2 cm³/mol. The summed E-state index contributed by atoms with van der Waals surface area (Å²) in [6, 6.07) is -0.808. The first-order chi connectivity index (χ1) is 6.13. The summed E-state index contributed by atoms with van der Waals surface area (Å²) in [5, 5.41) is 17.4. The van der Waals surface area contributed by atoms with Crippen molar-refractivity contribution in [3.8, 4) is 0 Å². The van der Waals surface area contributed by atoms with Crippen LogP contribution in [0.15, 0.2) is 0 Å². The fraction of sp³-hybridized carbons (Fsp3) is 0.875. The van der Waals surface area contributed by atoms with Crippen molar-refractivity contribution >= 4 is 5.97 Å². The Kier molecular flexibility index (Phi) is 3.65. The molecule has 1 fully saturated rings. The number of carbonyl (C=O) groups is 1. The zero-order valence-electron chi connectivity index (χ0n) is 7.52. The Morgan fingerprint density at radius 2 is 2.38 bits per heavy atom. The number of carboxylic acid groups (broad SMARTS) is 1. The maximum absolute atomic E-state index is 10.4. The van der Waals surface area contributed by atoms with Gasteiger partial charge < -0.3 is 20.8 Å². The van der Waals surface area contributed by atoms with Crippen LogP contribution in [0, 0.1) is 5.92 Å². The zero-order chi connectivity index (χ0) is 9.84. The number of aliphatic hydroxyl groups is 1. The number of hydrogen-bond acceptors (Lipinski definition) is 4. The van der Waals surface area contributed by atoms with Crippen LogP contribution in [0.5, 0.6) is 0 Å². The molecule has 0 bridgehead atoms. The molecule has 0 spiro atoms. The summed E-state index contributed by atoms with van der Waals surface area (Å²) in [6.45, 7) is 2.16. The quantitative estimate of drug-likeness (QED) is 0.511. The van der Waals surface area contributed by atoms with E-state index in [0.717, 1.165) is 19.5 Å². The lowest BCUT2D eigenvalue weighted by atomic mass is 10.1. The molecule has 0 radical (unpaired) electrons. The van der Waals surface area contributed by atoms with Gasteiger partial charge in [-0.05, 0) is 18.9 Å². The maximum atomic E-state index is 10.4. The van der Waals surface area contributed by atoms with Crippen LogP contribution in [0.1, 0.15) is 6.42 Å². The number of carboxylic acids is 1. The third-order valence-electron chi connectivity index (χ3n) is 2.40. The lowest BCUT2D eigenvalue weighted by Crippen LogP contribution is -2.41. The second-order valence-electron chi connectivity index (χ2n) is 3.54. The summed E-state index contributed by atoms with van der Waals surface area (Å²) in [5.41, 5.74) is 5.38. The molecule has 1 heterocycles. The van der Waals surface area contributed by atoms with Crippen LogP contribution in [0.2, 0.25) is 0 Å². The highest BCUT2D eigenvalue weighted by Crippen LogP contribution is 2.14. The number of nitrogens with zero attached hydrogens (tertiary/aromatic N) is 1. The van der Waals surface area contributed by atoms with E-state index in [-0.39, 0.29) is 6.61 Å². The highest BCUT2D eigenvalue weighted by Gasteiger charge is 2.24. The Bertz CT molecular complexity index is 186. The van der Waals surface area contributed by atoms with Crippen molar-refractivity contribution in [3.05, 3.63) is 0 Å². The Labute approximate surface area is 77.1 Å². The van der Waals surface area contributed by atoms with Gasteiger partial charge in [0.05, 0.1) is 0 Å². The van der Waals surface area contributed by atoms with E-state index >= 15 is 0 Å². The van der Waals surface area contributed by atoms with Crippen molar-refractivity contribution in [3.63, 3.8) is 0 Å². The largest absolute Gasteiger partial charge is 0.480 e. The third kappa shape index (κ3) is 2.95. The van der Waals surface area contributed by atoms with Gasteiger partial charge in [0, 0.05) is 19.7 Å². The molecule has 5 nitrogen and oxygen atoms in total. The molecule has 0 amide bonds. The molecular weight excluding hydrogens is 172 g/mol. The molecule has 2 atom stereocenters. The number of nitrogens with two attached hydrogens (primary N) is 1. The molecular formula is C8H16N2O3.